The highest BCUT2D eigenvalue weighted by Gasteiger charge is 2.29. The average molecular weight is 313 g/mol. The van der Waals surface area contributed by atoms with Crippen molar-refractivity contribution in [3.05, 3.63) is 47.8 Å². The quantitative estimate of drug-likeness (QED) is 0.912. The zero-order valence-electron chi connectivity index (χ0n) is 13.5. The first-order chi connectivity index (χ1) is 11.1. The molecule has 5 nitrogen and oxygen atoms in total. The van der Waals surface area contributed by atoms with E-state index in [9.17, 15) is 9.90 Å². The van der Waals surface area contributed by atoms with Crippen molar-refractivity contribution < 1.29 is 9.90 Å². The van der Waals surface area contributed by atoms with Crippen LogP contribution in [-0.2, 0) is 0 Å². The Morgan fingerprint density at radius 1 is 1.30 bits per heavy atom. The number of carbonyl (C=O) groups excluding carboxylic acids is 1. The molecule has 1 saturated carbocycles. The summed E-state index contributed by atoms with van der Waals surface area (Å²) in [6.07, 6.45) is 8.02. The number of aromatic nitrogens is 2. The average Bonchev–Trinajstić information content (AvgIpc) is 3.04. The molecule has 0 bridgehead atoms. The van der Waals surface area contributed by atoms with E-state index in [0.29, 0.717) is 12.1 Å². The van der Waals surface area contributed by atoms with Gasteiger partial charge in [0.2, 0.25) is 0 Å². The molecule has 2 aromatic rings. The fraction of sp³-hybridized carbons (Fsp3) is 0.444. The number of amides is 1. The fourth-order valence-corrected chi connectivity index (χ4v) is 3.13. The van der Waals surface area contributed by atoms with Crippen LogP contribution in [0.5, 0.6) is 0 Å². The van der Waals surface area contributed by atoms with Crippen LogP contribution in [0.4, 0.5) is 0 Å². The molecule has 23 heavy (non-hydrogen) atoms. The van der Waals surface area contributed by atoms with Gasteiger partial charge in [-0.3, -0.25) is 4.79 Å². The molecule has 0 unspecified atom stereocenters. The van der Waals surface area contributed by atoms with Gasteiger partial charge in [0.15, 0.2) is 0 Å². The van der Waals surface area contributed by atoms with Crippen molar-refractivity contribution in [2.75, 3.05) is 6.54 Å². The van der Waals surface area contributed by atoms with Crippen molar-refractivity contribution in [2.24, 2.45) is 0 Å². The number of nitrogens with zero attached hydrogens (tertiary/aromatic N) is 2. The zero-order chi connectivity index (χ0) is 16.3. The second-order valence-corrected chi connectivity index (χ2v) is 6.43. The Hall–Kier alpha value is -2.14. The van der Waals surface area contributed by atoms with E-state index in [1.165, 1.54) is 6.42 Å². The molecule has 3 rings (SSSR count). The Morgan fingerprint density at radius 2 is 2.04 bits per heavy atom. The van der Waals surface area contributed by atoms with E-state index >= 15 is 0 Å². The smallest absolute Gasteiger partial charge is 0.254 e. The molecule has 1 aromatic carbocycles. The molecule has 1 fully saturated rings. The molecule has 1 heterocycles. The summed E-state index contributed by atoms with van der Waals surface area (Å²) in [6, 6.07) is 7.90. The molecule has 2 N–H and O–H groups in total. The number of hydrogen-bond donors (Lipinski definition) is 2. The predicted octanol–water partition coefficient (Wildman–Crippen LogP) is 2.61. The van der Waals surface area contributed by atoms with Crippen LogP contribution in [0.1, 0.15) is 48.0 Å². The number of benzene rings is 1. The number of aliphatic hydroxyl groups is 1. The number of carbonyl (C=O) groups is 1. The Labute approximate surface area is 136 Å². The first-order valence-electron chi connectivity index (χ1n) is 8.19. The molecule has 1 aliphatic rings. The van der Waals surface area contributed by atoms with Crippen LogP contribution in [-0.4, -0.2) is 32.9 Å². The van der Waals surface area contributed by atoms with Crippen LogP contribution < -0.4 is 5.32 Å². The summed E-state index contributed by atoms with van der Waals surface area (Å²) in [5.41, 5.74) is 1.81. The van der Waals surface area contributed by atoms with E-state index in [-0.39, 0.29) is 5.91 Å². The normalized spacial score (nSPS) is 17.0. The lowest BCUT2D eigenvalue weighted by molar-refractivity contribution is 0.00525. The summed E-state index contributed by atoms with van der Waals surface area (Å²) in [5.74, 6) is -0.191. The van der Waals surface area contributed by atoms with Crippen molar-refractivity contribution in [1.82, 2.24) is 15.1 Å². The summed E-state index contributed by atoms with van der Waals surface area (Å²) in [5, 5.41) is 17.6. The Bertz CT molecular complexity index is 687. The van der Waals surface area contributed by atoms with Crippen molar-refractivity contribution >= 4 is 5.91 Å². The van der Waals surface area contributed by atoms with Crippen LogP contribution in [0.15, 0.2) is 36.7 Å². The van der Waals surface area contributed by atoms with Gasteiger partial charge in [-0.2, -0.15) is 5.10 Å². The minimum atomic E-state index is -0.750. The molecule has 0 atom stereocenters. The second kappa shape index (κ2) is 6.54. The lowest BCUT2D eigenvalue weighted by Crippen LogP contribution is -2.44. The van der Waals surface area contributed by atoms with Gasteiger partial charge in [0.05, 0.1) is 23.0 Å². The standard InChI is InChI=1S/C18H23N3O2/c1-14-7-3-4-8-16(14)21-12-15(11-20-21)17(22)19-13-18(23)9-5-2-6-10-18/h3-4,7-8,11-12,23H,2,5-6,9-10,13H2,1H3,(H,19,22). The number of para-hydroxylation sites is 1. The summed E-state index contributed by atoms with van der Waals surface area (Å²) >= 11 is 0. The number of hydrogen-bond acceptors (Lipinski definition) is 3. The zero-order valence-corrected chi connectivity index (χ0v) is 13.5. The lowest BCUT2D eigenvalue weighted by atomic mass is 9.85. The topological polar surface area (TPSA) is 67.2 Å². The maximum Gasteiger partial charge on any atom is 0.254 e. The Kier molecular flexibility index (Phi) is 4.48. The highest BCUT2D eigenvalue weighted by Crippen LogP contribution is 2.27. The molecule has 0 aliphatic heterocycles. The first kappa shape index (κ1) is 15.7. The molecule has 122 valence electrons. The summed E-state index contributed by atoms with van der Waals surface area (Å²) < 4.78 is 1.71. The Morgan fingerprint density at radius 3 is 2.78 bits per heavy atom. The van der Waals surface area contributed by atoms with Crippen LogP contribution in [0.2, 0.25) is 0 Å². The van der Waals surface area contributed by atoms with E-state index in [1.54, 1.807) is 17.1 Å². The third kappa shape index (κ3) is 3.62. The number of aryl methyl sites for hydroxylation is 1. The van der Waals surface area contributed by atoms with Crippen molar-refractivity contribution in [2.45, 2.75) is 44.6 Å². The van der Waals surface area contributed by atoms with E-state index in [1.807, 2.05) is 31.2 Å². The largest absolute Gasteiger partial charge is 0.388 e. The van der Waals surface area contributed by atoms with E-state index in [4.69, 9.17) is 0 Å². The third-order valence-electron chi connectivity index (χ3n) is 4.57. The Balaban J connectivity index is 1.66. The summed E-state index contributed by atoms with van der Waals surface area (Å²) in [6.45, 7) is 2.32. The highest BCUT2D eigenvalue weighted by molar-refractivity contribution is 5.93. The molecule has 1 aromatic heterocycles. The lowest BCUT2D eigenvalue weighted by Gasteiger charge is -2.32. The third-order valence-corrected chi connectivity index (χ3v) is 4.57. The minimum Gasteiger partial charge on any atom is -0.388 e. The van der Waals surface area contributed by atoms with Crippen molar-refractivity contribution in [3.8, 4) is 5.69 Å². The van der Waals surface area contributed by atoms with Crippen LogP contribution in [0.3, 0.4) is 0 Å². The van der Waals surface area contributed by atoms with Gasteiger partial charge in [-0.15, -0.1) is 0 Å². The summed E-state index contributed by atoms with van der Waals surface area (Å²) in [7, 11) is 0. The SMILES string of the molecule is Cc1ccccc1-n1cc(C(=O)NCC2(O)CCCCC2)cn1. The van der Waals surface area contributed by atoms with Gasteiger partial charge in [0, 0.05) is 12.7 Å². The molecule has 0 spiro atoms. The monoisotopic (exact) mass is 313 g/mol. The summed E-state index contributed by atoms with van der Waals surface area (Å²) in [4.78, 5) is 12.3. The van der Waals surface area contributed by atoms with E-state index < -0.39 is 5.60 Å². The van der Waals surface area contributed by atoms with Crippen LogP contribution >= 0.6 is 0 Å². The minimum absolute atomic E-state index is 0.191. The van der Waals surface area contributed by atoms with Gasteiger partial charge in [-0.25, -0.2) is 4.68 Å². The first-order valence-corrected chi connectivity index (χ1v) is 8.19. The highest BCUT2D eigenvalue weighted by atomic mass is 16.3. The maximum atomic E-state index is 12.3. The van der Waals surface area contributed by atoms with Gasteiger partial charge in [0.25, 0.3) is 5.91 Å². The fourth-order valence-electron chi connectivity index (χ4n) is 3.13. The van der Waals surface area contributed by atoms with Gasteiger partial charge in [-0.1, -0.05) is 37.5 Å². The number of nitrogens with one attached hydrogen (secondary N) is 1. The predicted molar refractivity (Wildman–Crippen MR) is 88.7 cm³/mol. The molecule has 0 saturated heterocycles. The van der Waals surface area contributed by atoms with Crippen molar-refractivity contribution in [3.63, 3.8) is 0 Å². The van der Waals surface area contributed by atoms with E-state index in [0.717, 1.165) is 36.9 Å². The van der Waals surface area contributed by atoms with Gasteiger partial charge in [0.1, 0.15) is 0 Å². The van der Waals surface area contributed by atoms with Crippen molar-refractivity contribution in [1.29, 1.82) is 0 Å². The number of rotatable bonds is 4. The molecule has 0 radical (unpaired) electrons. The van der Waals surface area contributed by atoms with E-state index in [2.05, 4.69) is 10.4 Å². The van der Waals surface area contributed by atoms with Crippen LogP contribution in [0, 0.1) is 6.92 Å². The van der Waals surface area contributed by atoms with Gasteiger partial charge < -0.3 is 10.4 Å². The molecule has 1 aliphatic carbocycles. The molecular weight excluding hydrogens is 290 g/mol. The molecule has 1 amide bonds. The second-order valence-electron chi connectivity index (χ2n) is 6.43. The van der Waals surface area contributed by atoms with Crippen LogP contribution in [0.25, 0.3) is 5.69 Å². The van der Waals surface area contributed by atoms with Gasteiger partial charge in [-0.05, 0) is 31.4 Å². The molecule has 5 heteroatoms. The van der Waals surface area contributed by atoms with Gasteiger partial charge >= 0.3 is 0 Å². The maximum absolute atomic E-state index is 12.3. The molecular formula is C18H23N3O2.